The second kappa shape index (κ2) is 9.26. The Labute approximate surface area is 170 Å². The molecule has 0 amide bonds. The van der Waals surface area contributed by atoms with Gasteiger partial charge in [-0.2, -0.15) is 4.31 Å². The first-order valence-corrected chi connectivity index (χ1v) is 11.5. The van der Waals surface area contributed by atoms with Crippen LogP contribution in [0.1, 0.15) is 33.6 Å². The number of hydrogen-bond donors (Lipinski definition) is 0. The van der Waals surface area contributed by atoms with Gasteiger partial charge in [-0.1, -0.05) is 45.3 Å². The van der Waals surface area contributed by atoms with Crippen LogP contribution in [0.4, 0.5) is 0 Å². The van der Waals surface area contributed by atoms with Crippen molar-refractivity contribution < 1.29 is 18.0 Å². The van der Waals surface area contributed by atoms with E-state index in [4.69, 9.17) is 0 Å². The molecule has 0 fully saturated rings. The van der Waals surface area contributed by atoms with Gasteiger partial charge in [-0.15, -0.1) is 0 Å². The zero-order valence-corrected chi connectivity index (χ0v) is 18.3. The van der Waals surface area contributed by atoms with E-state index < -0.39 is 22.0 Å². The zero-order valence-electron chi connectivity index (χ0n) is 15.9. The molecule has 3 atom stereocenters. The highest BCUT2D eigenvalue weighted by Gasteiger charge is 2.43. The Bertz CT molecular complexity index is 820. The average Bonchev–Trinajstić information content (AvgIpc) is 2.63. The average molecular weight is 456 g/mol. The van der Waals surface area contributed by atoms with E-state index in [2.05, 4.69) is 15.9 Å². The van der Waals surface area contributed by atoms with Crippen molar-refractivity contribution in [1.29, 1.82) is 0 Å². The number of halogens is 1. The lowest BCUT2D eigenvalue weighted by atomic mass is 9.71. The molecular formula is C20H26BrNO4S. The maximum atomic E-state index is 13.4. The fourth-order valence-corrected chi connectivity index (χ4v) is 6.17. The number of carbonyl (C=O) groups is 2. The lowest BCUT2D eigenvalue weighted by Gasteiger charge is -2.42. The molecule has 0 heterocycles. The van der Waals surface area contributed by atoms with Crippen LogP contribution in [0.2, 0.25) is 0 Å². The predicted molar refractivity (Wildman–Crippen MR) is 109 cm³/mol. The smallest absolute Gasteiger partial charge is 0.243 e. The molecule has 0 saturated heterocycles. The van der Waals surface area contributed by atoms with Crippen molar-refractivity contribution in [1.82, 2.24) is 4.31 Å². The molecule has 0 N–H and O–H groups in total. The van der Waals surface area contributed by atoms with Crippen molar-refractivity contribution in [2.45, 2.75) is 44.6 Å². The largest absolute Gasteiger partial charge is 0.303 e. The third-order valence-electron chi connectivity index (χ3n) is 5.34. The third-order valence-corrected chi connectivity index (χ3v) is 7.63. The number of ketones is 1. The number of rotatable bonds is 8. The van der Waals surface area contributed by atoms with Gasteiger partial charge < -0.3 is 9.59 Å². The minimum atomic E-state index is -3.75. The van der Waals surface area contributed by atoms with Gasteiger partial charge in [0.05, 0.1) is 4.90 Å². The van der Waals surface area contributed by atoms with Crippen molar-refractivity contribution in [3.63, 3.8) is 0 Å². The van der Waals surface area contributed by atoms with Crippen molar-refractivity contribution in [2.75, 3.05) is 11.9 Å². The number of aldehydes is 1. The van der Waals surface area contributed by atoms with Gasteiger partial charge in [-0.25, -0.2) is 8.42 Å². The van der Waals surface area contributed by atoms with Gasteiger partial charge in [0, 0.05) is 30.3 Å². The summed E-state index contributed by atoms with van der Waals surface area (Å²) >= 11 is 3.36. The Morgan fingerprint density at radius 2 is 1.89 bits per heavy atom. The second-order valence-corrected chi connectivity index (χ2v) is 9.77. The van der Waals surface area contributed by atoms with Gasteiger partial charge in [0.1, 0.15) is 12.1 Å². The van der Waals surface area contributed by atoms with E-state index in [9.17, 15) is 18.0 Å². The van der Waals surface area contributed by atoms with E-state index in [1.807, 2.05) is 13.8 Å². The maximum absolute atomic E-state index is 13.4. The van der Waals surface area contributed by atoms with Gasteiger partial charge in [-0.05, 0) is 45.2 Å². The van der Waals surface area contributed by atoms with Crippen LogP contribution in [-0.2, 0) is 19.6 Å². The van der Waals surface area contributed by atoms with Crippen LogP contribution in [-0.4, -0.2) is 42.7 Å². The molecule has 1 aromatic carbocycles. The van der Waals surface area contributed by atoms with Crippen LogP contribution in [0.5, 0.6) is 0 Å². The Morgan fingerprint density at radius 1 is 1.26 bits per heavy atom. The van der Waals surface area contributed by atoms with E-state index in [1.165, 1.54) is 11.2 Å². The minimum Gasteiger partial charge on any atom is -0.303 e. The summed E-state index contributed by atoms with van der Waals surface area (Å²) < 4.78 is 28.2. The number of carbonyl (C=O) groups excluding carboxylic acids is 2. The van der Waals surface area contributed by atoms with E-state index in [0.29, 0.717) is 11.8 Å². The number of Topliss-reactive ketones (excluding diaryl/α,β-unsaturated/α-hetero) is 1. The molecule has 2 rings (SSSR count). The summed E-state index contributed by atoms with van der Waals surface area (Å²) in [4.78, 5) is 24.0. The highest BCUT2D eigenvalue weighted by molar-refractivity contribution is 9.09. The first kappa shape index (κ1) is 22.0. The standard InChI is InChI=1S/C20H26BrNO4S/c1-14-11-20(18(12-15(2)24)19(13-23)16(14)3)22(10-9-21)27(25,26)17-7-5-4-6-8-17/h4-8,13,18-20H,9-12H2,1-3H3/t18-,19-,20-/m1/s1. The summed E-state index contributed by atoms with van der Waals surface area (Å²) in [6.07, 6.45) is 1.56. The number of alkyl halides is 1. The fourth-order valence-electron chi connectivity index (χ4n) is 3.86. The van der Waals surface area contributed by atoms with Crippen LogP contribution >= 0.6 is 15.9 Å². The SMILES string of the molecule is CC(=O)C[C@@H]1[C@H](C=O)C(C)=C(C)C[C@H]1N(CCBr)S(=O)(=O)c1ccccc1. The molecule has 1 aliphatic carbocycles. The van der Waals surface area contributed by atoms with E-state index in [0.717, 1.165) is 17.4 Å². The molecule has 0 spiro atoms. The molecule has 0 bridgehead atoms. The summed E-state index contributed by atoms with van der Waals surface area (Å²) in [7, 11) is -3.75. The molecule has 148 valence electrons. The highest BCUT2D eigenvalue weighted by atomic mass is 79.9. The first-order chi connectivity index (χ1) is 12.7. The minimum absolute atomic E-state index is 0.0416. The van der Waals surface area contributed by atoms with Gasteiger partial charge in [-0.3, -0.25) is 0 Å². The van der Waals surface area contributed by atoms with Crippen LogP contribution in [0.15, 0.2) is 46.4 Å². The Morgan fingerprint density at radius 3 is 2.41 bits per heavy atom. The number of nitrogens with zero attached hydrogens (tertiary/aromatic N) is 1. The van der Waals surface area contributed by atoms with Crippen LogP contribution in [0.3, 0.4) is 0 Å². The van der Waals surface area contributed by atoms with Crippen molar-refractivity contribution in [3.8, 4) is 0 Å². The molecule has 0 unspecified atom stereocenters. The quantitative estimate of drug-likeness (QED) is 0.341. The molecular weight excluding hydrogens is 430 g/mol. The number of sulfonamides is 1. The van der Waals surface area contributed by atoms with E-state index in [-0.39, 0.29) is 29.6 Å². The number of benzene rings is 1. The van der Waals surface area contributed by atoms with Crippen molar-refractivity contribution in [2.24, 2.45) is 11.8 Å². The number of allylic oxidation sites excluding steroid dienone is 1. The Hall–Kier alpha value is -1.31. The summed E-state index contributed by atoms with van der Waals surface area (Å²) in [5.74, 6) is -0.849. The monoisotopic (exact) mass is 455 g/mol. The van der Waals surface area contributed by atoms with Gasteiger partial charge in [0.2, 0.25) is 10.0 Å². The lowest BCUT2D eigenvalue weighted by Crippen LogP contribution is -2.50. The predicted octanol–water partition coefficient (Wildman–Crippen LogP) is 3.59. The maximum Gasteiger partial charge on any atom is 0.243 e. The molecule has 5 nitrogen and oxygen atoms in total. The molecule has 0 aliphatic heterocycles. The normalized spacial score (nSPS) is 23.5. The summed E-state index contributed by atoms with van der Waals surface area (Å²) in [6, 6.07) is 7.86. The van der Waals surface area contributed by atoms with E-state index in [1.54, 1.807) is 30.3 Å². The van der Waals surface area contributed by atoms with Crippen molar-refractivity contribution >= 4 is 38.0 Å². The van der Waals surface area contributed by atoms with Crippen LogP contribution < -0.4 is 0 Å². The van der Waals surface area contributed by atoms with Gasteiger partial charge in [0.15, 0.2) is 0 Å². The van der Waals surface area contributed by atoms with Gasteiger partial charge >= 0.3 is 0 Å². The summed E-state index contributed by atoms with van der Waals surface area (Å²) in [6.45, 7) is 5.59. The fraction of sp³-hybridized carbons (Fsp3) is 0.500. The highest BCUT2D eigenvalue weighted by Crippen LogP contribution is 2.40. The molecule has 27 heavy (non-hydrogen) atoms. The van der Waals surface area contributed by atoms with Gasteiger partial charge in [0.25, 0.3) is 0 Å². The molecule has 7 heteroatoms. The Balaban J connectivity index is 2.56. The topological polar surface area (TPSA) is 71.5 Å². The van der Waals surface area contributed by atoms with Crippen molar-refractivity contribution in [3.05, 3.63) is 41.5 Å². The molecule has 0 aromatic heterocycles. The lowest BCUT2D eigenvalue weighted by molar-refractivity contribution is -0.119. The molecule has 1 aliphatic rings. The molecule has 0 saturated carbocycles. The first-order valence-electron chi connectivity index (χ1n) is 8.97. The summed E-state index contributed by atoms with van der Waals surface area (Å²) in [5, 5.41) is 0.468. The molecule has 1 aromatic rings. The second-order valence-electron chi connectivity index (χ2n) is 7.08. The Kier molecular flexibility index (Phi) is 7.54. The van der Waals surface area contributed by atoms with E-state index >= 15 is 0 Å². The number of hydrogen-bond acceptors (Lipinski definition) is 4. The van der Waals surface area contributed by atoms with Crippen LogP contribution in [0, 0.1) is 11.8 Å². The molecule has 0 radical (unpaired) electrons. The summed E-state index contributed by atoms with van der Waals surface area (Å²) in [5.41, 5.74) is 1.96. The van der Waals surface area contributed by atoms with Crippen LogP contribution in [0.25, 0.3) is 0 Å². The zero-order chi connectivity index (χ0) is 20.2. The third kappa shape index (κ3) is 4.76.